The molecule has 0 spiro atoms. The molecule has 0 aliphatic heterocycles. The molecule has 0 nitrogen and oxygen atoms in total. The van der Waals surface area contributed by atoms with E-state index in [1.807, 2.05) is 0 Å². The third kappa shape index (κ3) is 4.26. The summed E-state index contributed by atoms with van der Waals surface area (Å²) in [5.74, 6) is 0.566. The largest absolute Gasteiger partial charge is 0.0952 e. The topological polar surface area (TPSA) is 0 Å². The zero-order valence-corrected chi connectivity index (χ0v) is 20.5. The summed E-state index contributed by atoms with van der Waals surface area (Å²) >= 11 is 0. The van der Waals surface area contributed by atoms with Crippen LogP contribution < -0.4 is 0 Å². The van der Waals surface area contributed by atoms with Crippen molar-refractivity contribution in [3.63, 3.8) is 0 Å². The molecule has 170 valence electrons. The van der Waals surface area contributed by atoms with Crippen LogP contribution in [0, 0.1) is 5.92 Å². The number of fused-ring (bicyclic) bond motifs is 1. The molecule has 0 bridgehead atoms. The van der Waals surface area contributed by atoms with Crippen molar-refractivity contribution in [3.8, 4) is 0 Å². The third-order valence-electron chi connectivity index (χ3n) is 7.57. The Labute approximate surface area is 205 Å². The lowest BCUT2D eigenvalue weighted by Gasteiger charge is -2.35. The lowest BCUT2D eigenvalue weighted by Crippen LogP contribution is -2.21. The average Bonchev–Trinajstić information content (AvgIpc) is 3.47. The second-order valence-electron chi connectivity index (χ2n) is 9.88. The van der Waals surface area contributed by atoms with Crippen molar-refractivity contribution in [2.75, 3.05) is 0 Å². The van der Waals surface area contributed by atoms with E-state index in [0.717, 1.165) is 25.7 Å². The first-order valence-electron chi connectivity index (χ1n) is 12.5. The van der Waals surface area contributed by atoms with Crippen LogP contribution in [0.25, 0.3) is 0 Å². The van der Waals surface area contributed by atoms with Crippen molar-refractivity contribution in [1.29, 1.82) is 0 Å². The third-order valence-corrected chi connectivity index (χ3v) is 7.57. The Balaban J connectivity index is 1.58. The SMILES string of the molecule is C=C(Cc1ccccc1)C1=C(C)C=C2C/C(=C/C3=CC=CC3)C(=C)C2C1c1cccc(CC)c1. The summed E-state index contributed by atoms with van der Waals surface area (Å²) in [4.78, 5) is 0. The molecular weight excluding hydrogens is 408 g/mol. The number of benzene rings is 2. The van der Waals surface area contributed by atoms with Crippen molar-refractivity contribution in [2.45, 2.75) is 45.4 Å². The van der Waals surface area contributed by atoms with Crippen molar-refractivity contribution in [1.82, 2.24) is 0 Å². The van der Waals surface area contributed by atoms with Gasteiger partial charge in [-0.3, -0.25) is 0 Å². The molecule has 3 aliphatic carbocycles. The summed E-state index contributed by atoms with van der Waals surface area (Å²) in [5, 5.41) is 0. The second kappa shape index (κ2) is 9.47. The lowest BCUT2D eigenvalue weighted by atomic mass is 9.69. The van der Waals surface area contributed by atoms with Gasteiger partial charge in [0.1, 0.15) is 0 Å². The highest BCUT2D eigenvalue weighted by Gasteiger charge is 2.41. The molecule has 5 rings (SSSR count). The molecular formula is C34H34. The lowest BCUT2D eigenvalue weighted by molar-refractivity contribution is 0.622. The van der Waals surface area contributed by atoms with Crippen LogP contribution in [-0.2, 0) is 12.8 Å². The van der Waals surface area contributed by atoms with E-state index in [0.29, 0.717) is 5.92 Å². The van der Waals surface area contributed by atoms with E-state index in [1.54, 1.807) is 0 Å². The molecule has 2 aromatic rings. The van der Waals surface area contributed by atoms with Crippen LogP contribution in [-0.4, -0.2) is 0 Å². The average molecular weight is 443 g/mol. The van der Waals surface area contributed by atoms with Crippen LogP contribution in [0.3, 0.4) is 0 Å². The summed E-state index contributed by atoms with van der Waals surface area (Å²) in [6.07, 6.45) is 15.4. The quantitative estimate of drug-likeness (QED) is 0.419. The van der Waals surface area contributed by atoms with Crippen LogP contribution in [0.4, 0.5) is 0 Å². The fourth-order valence-corrected chi connectivity index (χ4v) is 5.93. The van der Waals surface area contributed by atoms with E-state index >= 15 is 0 Å². The molecule has 3 aliphatic rings. The Hall–Kier alpha value is -3.38. The fraction of sp³-hybridized carbons (Fsp3) is 0.235. The summed E-state index contributed by atoms with van der Waals surface area (Å²) < 4.78 is 0. The molecule has 2 atom stereocenters. The van der Waals surface area contributed by atoms with Gasteiger partial charge in [0.05, 0.1) is 0 Å². The molecule has 0 amide bonds. The Morgan fingerprint density at radius 2 is 1.82 bits per heavy atom. The first-order chi connectivity index (χ1) is 16.5. The predicted octanol–water partition coefficient (Wildman–Crippen LogP) is 8.78. The van der Waals surface area contributed by atoms with Gasteiger partial charge in [-0.1, -0.05) is 111 Å². The molecule has 2 unspecified atom stereocenters. The molecule has 0 heteroatoms. The maximum absolute atomic E-state index is 4.67. The van der Waals surface area contributed by atoms with E-state index in [9.17, 15) is 0 Å². The van der Waals surface area contributed by atoms with Gasteiger partial charge in [-0.15, -0.1) is 0 Å². The van der Waals surface area contributed by atoms with Gasteiger partial charge in [0.2, 0.25) is 0 Å². The zero-order valence-electron chi connectivity index (χ0n) is 20.5. The van der Waals surface area contributed by atoms with Crippen molar-refractivity contribution in [2.24, 2.45) is 5.92 Å². The molecule has 1 saturated carbocycles. The van der Waals surface area contributed by atoms with E-state index in [4.69, 9.17) is 0 Å². The first-order valence-corrected chi connectivity index (χ1v) is 12.5. The minimum Gasteiger partial charge on any atom is -0.0952 e. The van der Waals surface area contributed by atoms with Gasteiger partial charge in [0, 0.05) is 11.8 Å². The number of rotatable bonds is 6. The van der Waals surface area contributed by atoms with E-state index in [2.05, 4.69) is 112 Å². The smallest absolute Gasteiger partial charge is 0.0201 e. The number of hydrogen-bond donors (Lipinski definition) is 0. The Morgan fingerprint density at radius 3 is 2.56 bits per heavy atom. The minimum absolute atomic E-state index is 0.261. The second-order valence-corrected chi connectivity index (χ2v) is 9.88. The van der Waals surface area contributed by atoms with Gasteiger partial charge >= 0.3 is 0 Å². The monoisotopic (exact) mass is 442 g/mol. The number of hydrogen-bond acceptors (Lipinski definition) is 0. The summed E-state index contributed by atoms with van der Waals surface area (Å²) in [7, 11) is 0. The normalized spacial score (nSPS) is 22.8. The maximum atomic E-state index is 4.67. The van der Waals surface area contributed by atoms with Crippen molar-refractivity contribution in [3.05, 3.63) is 154 Å². The zero-order chi connectivity index (χ0) is 23.7. The van der Waals surface area contributed by atoms with Gasteiger partial charge in [-0.25, -0.2) is 0 Å². The van der Waals surface area contributed by atoms with Gasteiger partial charge in [0.25, 0.3) is 0 Å². The molecule has 0 radical (unpaired) electrons. The summed E-state index contributed by atoms with van der Waals surface area (Å²) in [6.45, 7) is 13.8. The van der Waals surface area contributed by atoms with E-state index in [1.165, 1.54) is 55.7 Å². The Bertz CT molecular complexity index is 1290. The molecule has 0 heterocycles. The van der Waals surface area contributed by atoms with Crippen LogP contribution in [0.1, 0.15) is 49.3 Å². The van der Waals surface area contributed by atoms with Crippen LogP contribution in [0.2, 0.25) is 0 Å². The molecule has 1 fully saturated rings. The Morgan fingerprint density at radius 1 is 1.03 bits per heavy atom. The van der Waals surface area contributed by atoms with Crippen LogP contribution >= 0.6 is 0 Å². The van der Waals surface area contributed by atoms with Crippen molar-refractivity contribution < 1.29 is 0 Å². The summed E-state index contributed by atoms with van der Waals surface area (Å²) in [5.41, 5.74) is 13.6. The van der Waals surface area contributed by atoms with Crippen LogP contribution in [0.15, 0.2) is 137 Å². The highest BCUT2D eigenvalue weighted by atomic mass is 14.4. The Kier molecular flexibility index (Phi) is 6.24. The molecule has 2 aromatic carbocycles. The van der Waals surface area contributed by atoms with E-state index in [-0.39, 0.29) is 5.92 Å². The molecule has 0 N–H and O–H groups in total. The minimum atomic E-state index is 0.261. The van der Waals surface area contributed by atoms with Gasteiger partial charge in [0.15, 0.2) is 0 Å². The van der Waals surface area contributed by atoms with Gasteiger partial charge < -0.3 is 0 Å². The standard InChI is InChI=1S/C34H34/c1-5-26-16-11-17-29(20-26)34-32(23(2)18-27-12-7-6-8-13-27)24(3)19-31-22-30(25(4)33(31)34)21-28-14-9-10-15-28/h6-14,16-17,19-21,33-34H,2,4-5,15,18,22H2,1,3H3/b30-21-. The van der Waals surface area contributed by atoms with Gasteiger partial charge in [-0.05, 0) is 82.7 Å². The highest BCUT2D eigenvalue weighted by molar-refractivity contribution is 5.62. The van der Waals surface area contributed by atoms with Crippen molar-refractivity contribution >= 4 is 0 Å². The highest BCUT2D eigenvalue weighted by Crippen LogP contribution is 2.55. The van der Waals surface area contributed by atoms with Crippen LogP contribution in [0.5, 0.6) is 0 Å². The number of aryl methyl sites for hydroxylation is 1. The molecule has 0 saturated heterocycles. The van der Waals surface area contributed by atoms with Gasteiger partial charge in [-0.2, -0.15) is 0 Å². The first kappa shape index (κ1) is 22.4. The fourth-order valence-electron chi connectivity index (χ4n) is 5.93. The number of allylic oxidation sites excluding steroid dienone is 12. The molecule has 34 heavy (non-hydrogen) atoms. The maximum Gasteiger partial charge on any atom is 0.0201 e. The predicted molar refractivity (Wildman–Crippen MR) is 146 cm³/mol. The summed E-state index contributed by atoms with van der Waals surface area (Å²) in [6, 6.07) is 19.9. The van der Waals surface area contributed by atoms with E-state index < -0.39 is 0 Å². The molecule has 0 aromatic heterocycles.